The Labute approximate surface area is 157 Å². The van der Waals surface area contributed by atoms with Gasteiger partial charge in [-0.05, 0) is 23.1 Å². The molecule has 2 atom stereocenters. The van der Waals surface area contributed by atoms with E-state index in [0.717, 1.165) is 10.4 Å². The minimum Gasteiger partial charge on any atom is -0.398 e. The summed E-state index contributed by atoms with van der Waals surface area (Å²) < 4.78 is 5.53. The first-order valence-electron chi connectivity index (χ1n) is 8.07. The number of benzene rings is 1. The number of nitrogens with zero attached hydrogens (tertiary/aromatic N) is 1. The molecule has 25 heavy (non-hydrogen) atoms. The standard InChI is InChI=1S/C18H22N2O3S.ClH/c19-15-5-2-1-4-13(15)10-18(22)20-7-8-23-12-14(20)11-16(21)17-6-3-9-24-17;/h1-6,9,14,16,21H,7-8,10-12,19H2;1H. The summed E-state index contributed by atoms with van der Waals surface area (Å²) in [7, 11) is 0. The average Bonchev–Trinajstić information content (AvgIpc) is 3.12. The van der Waals surface area contributed by atoms with Crippen molar-refractivity contribution < 1.29 is 14.6 Å². The fraction of sp³-hybridized carbons (Fsp3) is 0.389. The molecular formula is C18H23ClN2O3S. The summed E-state index contributed by atoms with van der Waals surface area (Å²) in [6.45, 7) is 1.54. The van der Waals surface area contributed by atoms with Crippen LogP contribution in [0.2, 0.25) is 0 Å². The molecule has 0 aliphatic carbocycles. The first kappa shape index (κ1) is 19.7. The van der Waals surface area contributed by atoms with Gasteiger partial charge in [-0.1, -0.05) is 24.3 Å². The van der Waals surface area contributed by atoms with Crippen molar-refractivity contribution in [2.24, 2.45) is 0 Å². The molecule has 2 aromatic rings. The number of ether oxygens (including phenoxy) is 1. The van der Waals surface area contributed by atoms with Gasteiger partial charge < -0.3 is 20.5 Å². The maximum absolute atomic E-state index is 12.7. The minimum atomic E-state index is -0.575. The van der Waals surface area contributed by atoms with E-state index in [1.54, 1.807) is 6.07 Å². The lowest BCUT2D eigenvalue weighted by molar-refractivity contribution is -0.140. The molecule has 2 unspecified atom stereocenters. The van der Waals surface area contributed by atoms with Crippen LogP contribution in [-0.2, 0) is 16.0 Å². The smallest absolute Gasteiger partial charge is 0.227 e. The molecule has 0 spiro atoms. The lowest BCUT2D eigenvalue weighted by Crippen LogP contribution is -2.49. The molecule has 136 valence electrons. The number of amides is 1. The van der Waals surface area contributed by atoms with Gasteiger partial charge in [0.15, 0.2) is 0 Å². The van der Waals surface area contributed by atoms with Crippen molar-refractivity contribution in [3.63, 3.8) is 0 Å². The number of anilines is 1. The fourth-order valence-corrected chi connectivity index (χ4v) is 3.72. The molecule has 7 heteroatoms. The topological polar surface area (TPSA) is 75.8 Å². The van der Waals surface area contributed by atoms with Gasteiger partial charge in [0, 0.05) is 23.5 Å². The van der Waals surface area contributed by atoms with E-state index in [0.29, 0.717) is 31.9 Å². The molecule has 0 radical (unpaired) electrons. The number of aliphatic hydroxyl groups is 1. The molecule has 3 rings (SSSR count). The number of nitrogen functional groups attached to an aromatic ring is 1. The zero-order valence-corrected chi connectivity index (χ0v) is 15.5. The van der Waals surface area contributed by atoms with E-state index < -0.39 is 6.10 Å². The van der Waals surface area contributed by atoms with Gasteiger partial charge in [-0.15, -0.1) is 23.7 Å². The highest BCUT2D eigenvalue weighted by Crippen LogP contribution is 2.26. The van der Waals surface area contributed by atoms with E-state index in [1.807, 2.05) is 40.6 Å². The Morgan fingerprint density at radius 2 is 2.16 bits per heavy atom. The number of halogens is 1. The highest BCUT2D eigenvalue weighted by molar-refractivity contribution is 7.10. The van der Waals surface area contributed by atoms with Crippen molar-refractivity contribution in [3.8, 4) is 0 Å². The second kappa shape index (κ2) is 9.20. The molecule has 0 bridgehead atoms. The molecule has 5 nitrogen and oxygen atoms in total. The second-order valence-electron chi connectivity index (χ2n) is 5.96. The molecule has 1 aliphatic heterocycles. The number of aliphatic hydroxyl groups excluding tert-OH is 1. The van der Waals surface area contributed by atoms with Crippen LogP contribution in [0.5, 0.6) is 0 Å². The average molecular weight is 383 g/mol. The Morgan fingerprint density at radius 1 is 1.36 bits per heavy atom. The number of hydrogen-bond acceptors (Lipinski definition) is 5. The van der Waals surface area contributed by atoms with Crippen LogP contribution in [0, 0.1) is 0 Å². The van der Waals surface area contributed by atoms with Gasteiger partial charge in [-0.25, -0.2) is 0 Å². The summed E-state index contributed by atoms with van der Waals surface area (Å²) in [6.07, 6.45) is 0.184. The van der Waals surface area contributed by atoms with Crippen molar-refractivity contribution in [1.82, 2.24) is 4.90 Å². The quantitative estimate of drug-likeness (QED) is 0.779. The number of hydrogen-bond donors (Lipinski definition) is 2. The number of para-hydroxylation sites is 1. The number of morpholine rings is 1. The van der Waals surface area contributed by atoms with Crippen LogP contribution in [0.3, 0.4) is 0 Å². The van der Waals surface area contributed by atoms with Gasteiger partial charge in [-0.3, -0.25) is 4.79 Å². The van der Waals surface area contributed by atoms with Gasteiger partial charge in [0.25, 0.3) is 0 Å². The zero-order valence-electron chi connectivity index (χ0n) is 13.8. The highest BCUT2D eigenvalue weighted by atomic mass is 35.5. The van der Waals surface area contributed by atoms with E-state index >= 15 is 0 Å². The third-order valence-electron chi connectivity index (χ3n) is 4.31. The molecule has 1 aromatic heterocycles. The van der Waals surface area contributed by atoms with Crippen LogP contribution in [0.4, 0.5) is 5.69 Å². The van der Waals surface area contributed by atoms with Crippen LogP contribution in [0.1, 0.15) is 23.0 Å². The van der Waals surface area contributed by atoms with Crippen LogP contribution >= 0.6 is 23.7 Å². The Bertz CT molecular complexity index is 681. The second-order valence-corrected chi connectivity index (χ2v) is 6.94. The van der Waals surface area contributed by atoms with Crippen LogP contribution in [-0.4, -0.2) is 41.7 Å². The monoisotopic (exact) mass is 382 g/mol. The van der Waals surface area contributed by atoms with Gasteiger partial charge in [0.1, 0.15) is 0 Å². The van der Waals surface area contributed by atoms with Gasteiger partial charge in [0.05, 0.1) is 31.8 Å². The summed E-state index contributed by atoms with van der Waals surface area (Å²) >= 11 is 1.52. The van der Waals surface area contributed by atoms with Crippen LogP contribution in [0.25, 0.3) is 0 Å². The summed E-state index contributed by atoms with van der Waals surface area (Å²) in [5, 5.41) is 12.3. The van der Waals surface area contributed by atoms with Crippen LogP contribution < -0.4 is 5.73 Å². The van der Waals surface area contributed by atoms with Crippen molar-refractivity contribution >= 4 is 35.3 Å². The summed E-state index contributed by atoms with van der Waals surface area (Å²) in [5.74, 6) is 0.0274. The number of thiophene rings is 1. The lowest BCUT2D eigenvalue weighted by Gasteiger charge is -2.36. The lowest BCUT2D eigenvalue weighted by atomic mass is 10.0. The minimum absolute atomic E-state index is 0. The summed E-state index contributed by atoms with van der Waals surface area (Å²) in [6, 6.07) is 11.1. The van der Waals surface area contributed by atoms with Gasteiger partial charge in [0.2, 0.25) is 5.91 Å². The normalized spacial score (nSPS) is 18.4. The third-order valence-corrected chi connectivity index (χ3v) is 5.29. The van der Waals surface area contributed by atoms with E-state index in [2.05, 4.69) is 0 Å². The zero-order chi connectivity index (χ0) is 16.9. The summed E-state index contributed by atoms with van der Waals surface area (Å²) in [4.78, 5) is 15.5. The Hall–Kier alpha value is -1.60. The van der Waals surface area contributed by atoms with Crippen molar-refractivity contribution in [1.29, 1.82) is 0 Å². The molecule has 1 fully saturated rings. The van der Waals surface area contributed by atoms with E-state index in [1.165, 1.54) is 11.3 Å². The molecule has 1 aliphatic rings. The molecule has 2 heterocycles. The largest absolute Gasteiger partial charge is 0.398 e. The fourth-order valence-electron chi connectivity index (χ4n) is 2.99. The number of nitrogens with two attached hydrogens (primary N) is 1. The van der Waals surface area contributed by atoms with E-state index in [9.17, 15) is 9.90 Å². The maximum atomic E-state index is 12.7. The summed E-state index contributed by atoms with van der Waals surface area (Å²) in [5.41, 5.74) is 7.42. The molecule has 3 N–H and O–H groups in total. The van der Waals surface area contributed by atoms with Crippen LogP contribution in [0.15, 0.2) is 41.8 Å². The van der Waals surface area contributed by atoms with Gasteiger partial charge >= 0.3 is 0 Å². The van der Waals surface area contributed by atoms with Gasteiger partial charge in [-0.2, -0.15) is 0 Å². The Morgan fingerprint density at radius 3 is 2.88 bits per heavy atom. The maximum Gasteiger partial charge on any atom is 0.227 e. The Kier molecular flexibility index (Phi) is 7.25. The molecule has 1 amide bonds. The molecule has 0 saturated carbocycles. The highest BCUT2D eigenvalue weighted by Gasteiger charge is 2.29. The predicted molar refractivity (Wildman–Crippen MR) is 102 cm³/mol. The Balaban J connectivity index is 0.00000225. The molecule has 1 saturated heterocycles. The predicted octanol–water partition coefficient (Wildman–Crippen LogP) is 2.65. The number of rotatable bonds is 5. The molecular weight excluding hydrogens is 360 g/mol. The SMILES string of the molecule is Cl.Nc1ccccc1CC(=O)N1CCOCC1CC(O)c1cccs1. The van der Waals surface area contributed by atoms with Crippen molar-refractivity contribution in [2.45, 2.75) is 25.0 Å². The van der Waals surface area contributed by atoms with E-state index in [4.69, 9.17) is 10.5 Å². The first-order chi connectivity index (χ1) is 11.6. The third kappa shape index (κ3) is 4.95. The van der Waals surface area contributed by atoms with E-state index in [-0.39, 0.29) is 30.8 Å². The van der Waals surface area contributed by atoms with Crippen molar-refractivity contribution in [2.75, 3.05) is 25.5 Å². The number of carbonyl (C=O) groups excluding carboxylic acids is 1. The first-order valence-corrected chi connectivity index (χ1v) is 8.95. The number of carbonyl (C=O) groups is 1. The molecule has 1 aromatic carbocycles. The van der Waals surface area contributed by atoms with Crippen molar-refractivity contribution in [3.05, 3.63) is 52.2 Å².